The Balaban J connectivity index is 1.58. The van der Waals surface area contributed by atoms with Gasteiger partial charge in [0.15, 0.2) is 0 Å². The Labute approximate surface area is 161 Å². The lowest BCUT2D eigenvalue weighted by atomic mass is 10.0. The van der Waals surface area contributed by atoms with Crippen LogP contribution in [-0.4, -0.2) is 28.7 Å². The molecule has 3 aromatic rings. The number of benzene rings is 2. The topological polar surface area (TPSA) is 100 Å². The summed E-state index contributed by atoms with van der Waals surface area (Å²) in [5, 5.41) is 3.21. The lowest BCUT2D eigenvalue weighted by Crippen LogP contribution is -2.49. The number of carbonyl (C=O) groups is 3. The van der Waals surface area contributed by atoms with E-state index in [0.29, 0.717) is 22.2 Å². The molecule has 2 aromatic carbocycles. The Morgan fingerprint density at radius 1 is 0.857 bits per heavy atom. The molecule has 140 valence electrons. The van der Waals surface area contributed by atoms with Crippen LogP contribution in [0.15, 0.2) is 60.7 Å². The zero-order chi connectivity index (χ0) is 19.5. The van der Waals surface area contributed by atoms with E-state index in [1.165, 1.54) is 0 Å². The molecule has 1 aliphatic rings. The molecule has 7 nitrogen and oxygen atoms in total. The third-order valence-corrected chi connectivity index (χ3v) is 4.44. The molecule has 1 heterocycles. The van der Waals surface area contributed by atoms with Gasteiger partial charge in [0.05, 0.1) is 16.8 Å². The molecule has 0 radical (unpaired) electrons. The van der Waals surface area contributed by atoms with E-state index in [-0.39, 0.29) is 6.04 Å². The van der Waals surface area contributed by atoms with Gasteiger partial charge in [-0.15, -0.1) is 0 Å². The lowest BCUT2D eigenvalue weighted by Gasteiger charge is -2.11. The van der Waals surface area contributed by atoms with E-state index in [1.54, 1.807) is 12.1 Å². The molecule has 1 fully saturated rings. The molecule has 0 bridgehead atoms. The van der Waals surface area contributed by atoms with Gasteiger partial charge in [-0.3, -0.25) is 25.2 Å². The smallest absolute Gasteiger partial charge is 0.327 e. The number of hydrazine groups is 1. The van der Waals surface area contributed by atoms with Crippen molar-refractivity contribution in [1.82, 2.24) is 21.2 Å². The van der Waals surface area contributed by atoms with Gasteiger partial charge in [-0.05, 0) is 25.0 Å². The second-order valence-corrected chi connectivity index (χ2v) is 6.59. The summed E-state index contributed by atoms with van der Waals surface area (Å²) in [5.41, 5.74) is 7.01. The van der Waals surface area contributed by atoms with Gasteiger partial charge in [-0.1, -0.05) is 48.5 Å². The third kappa shape index (κ3) is 3.83. The lowest BCUT2D eigenvalue weighted by molar-refractivity contribution is -0.139. The fraction of sp³-hybridized carbons (Fsp3) is 0.143. The van der Waals surface area contributed by atoms with Crippen LogP contribution >= 0.6 is 0 Å². The number of nitrogens with zero attached hydrogens (tertiary/aromatic N) is 1. The van der Waals surface area contributed by atoms with Gasteiger partial charge in [0.25, 0.3) is 5.91 Å². The number of rotatable bonds is 3. The number of pyridine rings is 1. The van der Waals surface area contributed by atoms with Crippen LogP contribution in [0.2, 0.25) is 0 Å². The molecule has 0 aliphatic heterocycles. The van der Waals surface area contributed by atoms with E-state index in [4.69, 9.17) is 0 Å². The van der Waals surface area contributed by atoms with E-state index in [9.17, 15) is 14.4 Å². The predicted molar refractivity (Wildman–Crippen MR) is 104 cm³/mol. The molecule has 1 saturated carbocycles. The first-order chi connectivity index (χ1) is 13.6. The van der Waals surface area contributed by atoms with Crippen LogP contribution in [0.3, 0.4) is 0 Å². The van der Waals surface area contributed by atoms with Crippen LogP contribution < -0.4 is 16.2 Å². The minimum Gasteiger partial charge on any atom is -0.345 e. The maximum absolute atomic E-state index is 12.7. The summed E-state index contributed by atoms with van der Waals surface area (Å²) in [6.07, 6.45) is 1.74. The zero-order valence-electron chi connectivity index (χ0n) is 14.9. The Bertz CT molecular complexity index is 1060. The van der Waals surface area contributed by atoms with Crippen LogP contribution in [-0.2, 0) is 9.59 Å². The first kappa shape index (κ1) is 17.7. The number of fused-ring (bicyclic) bond motifs is 1. The molecule has 0 spiro atoms. The summed E-state index contributed by atoms with van der Waals surface area (Å²) in [6, 6.07) is 18.5. The fourth-order valence-electron chi connectivity index (χ4n) is 2.84. The molecule has 0 atom stereocenters. The summed E-state index contributed by atoms with van der Waals surface area (Å²) < 4.78 is 0. The van der Waals surface area contributed by atoms with Gasteiger partial charge in [-0.25, -0.2) is 4.98 Å². The monoisotopic (exact) mass is 374 g/mol. The number of hydrogen-bond acceptors (Lipinski definition) is 4. The maximum Gasteiger partial charge on any atom is 0.327 e. The van der Waals surface area contributed by atoms with Crippen molar-refractivity contribution in [1.29, 1.82) is 0 Å². The summed E-state index contributed by atoms with van der Waals surface area (Å²) in [4.78, 5) is 40.9. The van der Waals surface area contributed by atoms with Crippen molar-refractivity contribution in [3.8, 4) is 11.3 Å². The van der Waals surface area contributed by atoms with Gasteiger partial charge < -0.3 is 5.32 Å². The van der Waals surface area contributed by atoms with Crippen LogP contribution in [0.5, 0.6) is 0 Å². The van der Waals surface area contributed by atoms with Gasteiger partial charge in [0, 0.05) is 17.0 Å². The maximum atomic E-state index is 12.7. The summed E-state index contributed by atoms with van der Waals surface area (Å²) in [7, 11) is 0. The number of hydrogen-bond donors (Lipinski definition) is 3. The molecule has 28 heavy (non-hydrogen) atoms. The minimum atomic E-state index is -0.901. The molecule has 3 amide bonds. The van der Waals surface area contributed by atoms with Crippen LogP contribution in [0, 0.1) is 0 Å². The van der Waals surface area contributed by atoms with E-state index in [1.807, 2.05) is 48.5 Å². The van der Waals surface area contributed by atoms with Gasteiger partial charge >= 0.3 is 11.8 Å². The van der Waals surface area contributed by atoms with Crippen molar-refractivity contribution in [3.63, 3.8) is 0 Å². The van der Waals surface area contributed by atoms with Crippen molar-refractivity contribution in [2.45, 2.75) is 18.9 Å². The Morgan fingerprint density at radius 3 is 2.32 bits per heavy atom. The molecular formula is C21H18N4O3. The first-order valence-electron chi connectivity index (χ1n) is 8.98. The molecule has 4 rings (SSSR count). The van der Waals surface area contributed by atoms with Crippen molar-refractivity contribution in [3.05, 3.63) is 66.2 Å². The normalized spacial score (nSPS) is 13.0. The molecule has 0 unspecified atom stereocenters. The fourth-order valence-corrected chi connectivity index (χ4v) is 2.84. The number of amides is 3. The summed E-state index contributed by atoms with van der Waals surface area (Å²) >= 11 is 0. The number of carbonyl (C=O) groups excluding carboxylic acids is 3. The van der Waals surface area contributed by atoms with E-state index in [2.05, 4.69) is 21.2 Å². The summed E-state index contributed by atoms with van der Waals surface area (Å²) in [5.74, 6) is -2.18. The summed E-state index contributed by atoms with van der Waals surface area (Å²) in [6.45, 7) is 0. The average Bonchev–Trinajstić information content (AvgIpc) is 3.55. The van der Waals surface area contributed by atoms with Crippen LogP contribution in [0.25, 0.3) is 22.2 Å². The highest BCUT2D eigenvalue weighted by Gasteiger charge is 2.26. The van der Waals surface area contributed by atoms with Crippen molar-refractivity contribution in [2.24, 2.45) is 0 Å². The number of aromatic nitrogens is 1. The molecular weight excluding hydrogens is 356 g/mol. The first-order valence-corrected chi connectivity index (χ1v) is 8.98. The van der Waals surface area contributed by atoms with Gasteiger partial charge in [0.2, 0.25) is 0 Å². The van der Waals surface area contributed by atoms with E-state index in [0.717, 1.165) is 18.4 Å². The van der Waals surface area contributed by atoms with Crippen LogP contribution in [0.1, 0.15) is 23.2 Å². The molecule has 1 aromatic heterocycles. The molecule has 1 aliphatic carbocycles. The number of nitrogens with one attached hydrogen (secondary N) is 3. The van der Waals surface area contributed by atoms with Crippen molar-refractivity contribution in [2.75, 3.05) is 0 Å². The highest BCUT2D eigenvalue weighted by molar-refractivity contribution is 6.35. The van der Waals surface area contributed by atoms with Gasteiger partial charge in [0.1, 0.15) is 0 Å². The zero-order valence-corrected chi connectivity index (χ0v) is 14.9. The van der Waals surface area contributed by atoms with Crippen LogP contribution in [0.4, 0.5) is 0 Å². The molecule has 3 N–H and O–H groups in total. The van der Waals surface area contributed by atoms with E-state index < -0.39 is 17.7 Å². The second-order valence-electron chi connectivity index (χ2n) is 6.59. The SMILES string of the molecule is O=C(NNC(=O)c1cc(-c2ccccc2)nc2ccccc12)C(=O)NC1CC1. The third-order valence-electron chi connectivity index (χ3n) is 4.44. The quantitative estimate of drug-likeness (QED) is 0.482. The molecule has 0 saturated heterocycles. The van der Waals surface area contributed by atoms with Gasteiger partial charge in [-0.2, -0.15) is 0 Å². The molecule has 7 heteroatoms. The van der Waals surface area contributed by atoms with Crippen molar-refractivity contribution < 1.29 is 14.4 Å². The highest BCUT2D eigenvalue weighted by Crippen LogP contribution is 2.24. The predicted octanol–water partition coefficient (Wildman–Crippen LogP) is 1.94. The van der Waals surface area contributed by atoms with E-state index >= 15 is 0 Å². The largest absolute Gasteiger partial charge is 0.345 e. The Hall–Kier alpha value is -3.74. The minimum absolute atomic E-state index is 0.0616. The van der Waals surface area contributed by atoms with Crippen molar-refractivity contribution >= 4 is 28.6 Å². The highest BCUT2D eigenvalue weighted by atomic mass is 16.2. The Kier molecular flexibility index (Phi) is 4.72. The number of para-hydroxylation sites is 1. The average molecular weight is 374 g/mol. The Morgan fingerprint density at radius 2 is 1.57 bits per heavy atom. The standard InChI is InChI=1S/C21H18N4O3/c26-19(24-25-21(28)20(27)22-14-10-11-14)16-12-18(13-6-2-1-3-7-13)23-17-9-5-4-8-15(16)17/h1-9,12,14H,10-11H2,(H,22,27)(H,24,26)(H,25,28). The second kappa shape index (κ2) is 7.48.